The number of amides is 1. The maximum absolute atomic E-state index is 13.4. The summed E-state index contributed by atoms with van der Waals surface area (Å²) in [5.41, 5.74) is 2.10. The Morgan fingerprint density at radius 2 is 1.75 bits per heavy atom. The monoisotopic (exact) mass is 380 g/mol. The van der Waals surface area contributed by atoms with E-state index in [0.29, 0.717) is 13.2 Å². The largest absolute Gasteiger partial charge is 0.379 e. The SMILES string of the molecule is C[C@@]1(OCCCN2CCOCC2)C(=O)N(Cc2ccccc2)c2ccccc21. The van der Waals surface area contributed by atoms with Crippen molar-refractivity contribution in [2.24, 2.45) is 0 Å². The summed E-state index contributed by atoms with van der Waals surface area (Å²) in [6.45, 7) is 7.57. The van der Waals surface area contributed by atoms with Gasteiger partial charge in [-0.3, -0.25) is 9.69 Å². The molecule has 2 aromatic carbocycles. The molecule has 2 heterocycles. The highest BCUT2D eigenvalue weighted by molar-refractivity contribution is 6.06. The second-order valence-corrected chi connectivity index (χ2v) is 7.58. The lowest BCUT2D eigenvalue weighted by atomic mass is 9.97. The predicted octanol–water partition coefficient (Wildman–Crippen LogP) is 3.19. The highest BCUT2D eigenvalue weighted by Gasteiger charge is 2.48. The molecule has 148 valence electrons. The van der Waals surface area contributed by atoms with E-state index in [1.54, 1.807) is 0 Å². The number of nitrogens with zero attached hydrogens (tertiary/aromatic N) is 2. The van der Waals surface area contributed by atoms with Gasteiger partial charge in [-0.05, 0) is 25.0 Å². The zero-order chi connectivity index (χ0) is 19.4. The molecule has 2 aromatic rings. The molecule has 5 nitrogen and oxygen atoms in total. The van der Waals surface area contributed by atoms with Crippen LogP contribution in [-0.2, 0) is 26.4 Å². The molecule has 28 heavy (non-hydrogen) atoms. The summed E-state index contributed by atoms with van der Waals surface area (Å²) in [7, 11) is 0. The Morgan fingerprint density at radius 1 is 1.04 bits per heavy atom. The molecule has 0 radical (unpaired) electrons. The van der Waals surface area contributed by atoms with Gasteiger partial charge < -0.3 is 14.4 Å². The second-order valence-electron chi connectivity index (χ2n) is 7.58. The molecule has 0 aliphatic carbocycles. The van der Waals surface area contributed by atoms with Crippen molar-refractivity contribution in [1.82, 2.24) is 4.90 Å². The van der Waals surface area contributed by atoms with Crippen molar-refractivity contribution in [3.8, 4) is 0 Å². The Kier molecular flexibility index (Phi) is 5.76. The van der Waals surface area contributed by atoms with E-state index in [4.69, 9.17) is 9.47 Å². The summed E-state index contributed by atoms with van der Waals surface area (Å²) in [5.74, 6) is 0.0175. The van der Waals surface area contributed by atoms with Crippen LogP contribution in [0.4, 0.5) is 5.69 Å². The number of fused-ring (bicyclic) bond motifs is 1. The predicted molar refractivity (Wildman–Crippen MR) is 109 cm³/mol. The molecule has 1 amide bonds. The van der Waals surface area contributed by atoms with Crippen LogP contribution in [0.25, 0.3) is 0 Å². The Bertz CT molecular complexity index is 805. The minimum absolute atomic E-state index is 0.0175. The van der Waals surface area contributed by atoms with Gasteiger partial charge in [-0.1, -0.05) is 48.5 Å². The molecule has 1 atom stereocenters. The molecule has 4 rings (SSSR count). The fourth-order valence-electron chi connectivity index (χ4n) is 4.05. The first kappa shape index (κ1) is 19.1. The Balaban J connectivity index is 1.44. The number of anilines is 1. The Morgan fingerprint density at radius 3 is 2.54 bits per heavy atom. The van der Waals surface area contributed by atoms with E-state index < -0.39 is 5.60 Å². The molecule has 0 aromatic heterocycles. The van der Waals surface area contributed by atoms with Crippen LogP contribution in [0.2, 0.25) is 0 Å². The van der Waals surface area contributed by atoms with Crippen LogP contribution in [0.3, 0.4) is 0 Å². The van der Waals surface area contributed by atoms with E-state index in [2.05, 4.69) is 17.0 Å². The number of para-hydroxylation sites is 1. The van der Waals surface area contributed by atoms with Crippen molar-refractivity contribution in [3.05, 3.63) is 65.7 Å². The zero-order valence-corrected chi connectivity index (χ0v) is 16.5. The molecule has 2 aliphatic rings. The van der Waals surface area contributed by atoms with Crippen LogP contribution in [0.1, 0.15) is 24.5 Å². The van der Waals surface area contributed by atoms with Crippen molar-refractivity contribution in [3.63, 3.8) is 0 Å². The molecular weight excluding hydrogens is 352 g/mol. The maximum Gasteiger partial charge on any atom is 0.263 e. The first-order valence-corrected chi connectivity index (χ1v) is 10.1. The van der Waals surface area contributed by atoms with Crippen molar-refractivity contribution in [1.29, 1.82) is 0 Å². The number of benzene rings is 2. The Labute approximate surface area is 166 Å². The quantitative estimate of drug-likeness (QED) is 0.692. The molecule has 1 fully saturated rings. The minimum Gasteiger partial charge on any atom is -0.379 e. The molecule has 0 bridgehead atoms. The number of carbonyl (C=O) groups is 1. The third-order valence-corrected chi connectivity index (χ3v) is 5.66. The average Bonchev–Trinajstić information content (AvgIpc) is 2.95. The van der Waals surface area contributed by atoms with Crippen molar-refractivity contribution in [2.45, 2.75) is 25.5 Å². The summed E-state index contributed by atoms with van der Waals surface area (Å²) in [6.07, 6.45) is 0.906. The summed E-state index contributed by atoms with van der Waals surface area (Å²) >= 11 is 0. The number of morpholine rings is 1. The van der Waals surface area contributed by atoms with Gasteiger partial charge in [0.25, 0.3) is 5.91 Å². The first-order chi connectivity index (χ1) is 13.7. The molecule has 5 heteroatoms. The van der Waals surface area contributed by atoms with Crippen LogP contribution in [0, 0.1) is 0 Å². The molecule has 0 unspecified atom stereocenters. The summed E-state index contributed by atoms with van der Waals surface area (Å²) in [5, 5.41) is 0. The molecular formula is C23H28N2O3. The topological polar surface area (TPSA) is 42.0 Å². The van der Waals surface area contributed by atoms with Gasteiger partial charge >= 0.3 is 0 Å². The normalized spacial score (nSPS) is 22.5. The standard InChI is InChI=1S/C23H28N2O3/c1-23(28-15-7-12-24-13-16-27-17-14-24)20-10-5-6-11-21(20)25(22(23)26)18-19-8-3-2-4-9-19/h2-6,8-11H,7,12-18H2,1H3/t23-/m0/s1. The number of hydrogen-bond acceptors (Lipinski definition) is 4. The van der Waals surface area contributed by atoms with Gasteiger partial charge in [0.15, 0.2) is 5.60 Å². The fraction of sp³-hybridized carbons (Fsp3) is 0.435. The fourth-order valence-corrected chi connectivity index (χ4v) is 4.05. The van der Waals surface area contributed by atoms with Gasteiger partial charge in [-0.15, -0.1) is 0 Å². The van der Waals surface area contributed by atoms with E-state index in [-0.39, 0.29) is 5.91 Å². The lowest BCUT2D eigenvalue weighted by molar-refractivity contribution is -0.141. The van der Waals surface area contributed by atoms with Crippen molar-refractivity contribution < 1.29 is 14.3 Å². The van der Waals surface area contributed by atoms with E-state index in [1.807, 2.05) is 54.3 Å². The van der Waals surface area contributed by atoms with Crippen LogP contribution in [0.15, 0.2) is 54.6 Å². The van der Waals surface area contributed by atoms with E-state index in [0.717, 1.165) is 56.1 Å². The molecule has 1 saturated heterocycles. The third kappa shape index (κ3) is 3.83. The highest BCUT2D eigenvalue weighted by atomic mass is 16.5. The van der Waals surface area contributed by atoms with E-state index >= 15 is 0 Å². The highest BCUT2D eigenvalue weighted by Crippen LogP contribution is 2.43. The lowest BCUT2D eigenvalue weighted by Gasteiger charge is -2.28. The van der Waals surface area contributed by atoms with Crippen LogP contribution < -0.4 is 4.90 Å². The van der Waals surface area contributed by atoms with Gasteiger partial charge in [0.2, 0.25) is 0 Å². The average molecular weight is 380 g/mol. The van der Waals surface area contributed by atoms with E-state index in [1.165, 1.54) is 0 Å². The van der Waals surface area contributed by atoms with E-state index in [9.17, 15) is 4.79 Å². The molecule has 0 saturated carbocycles. The number of ether oxygens (including phenoxy) is 2. The van der Waals surface area contributed by atoms with Crippen LogP contribution >= 0.6 is 0 Å². The molecule has 0 spiro atoms. The lowest BCUT2D eigenvalue weighted by Crippen LogP contribution is -2.41. The molecule has 0 N–H and O–H groups in total. The second kappa shape index (κ2) is 8.43. The third-order valence-electron chi connectivity index (χ3n) is 5.66. The maximum atomic E-state index is 13.4. The van der Waals surface area contributed by atoms with Gasteiger partial charge in [-0.2, -0.15) is 0 Å². The Hall–Kier alpha value is -2.21. The van der Waals surface area contributed by atoms with Gasteiger partial charge in [0.05, 0.1) is 25.4 Å². The summed E-state index contributed by atoms with van der Waals surface area (Å²) in [4.78, 5) is 17.6. The minimum atomic E-state index is -0.920. The smallest absolute Gasteiger partial charge is 0.263 e. The van der Waals surface area contributed by atoms with Crippen LogP contribution in [-0.4, -0.2) is 50.3 Å². The van der Waals surface area contributed by atoms with Gasteiger partial charge in [-0.25, -0.2) is 0 Å². The van der Waals surface area contributed by atoms with Crippen molar-refractivity contribution >= 4 is 11.6 Å². The molecule has 2 aliphatic heterocycles. The van der Waals surface area contributed by atoms with Gasteiger partial charge in [0, 0.05) is 31.8 Å². The number of hydrogen-bond donors (Lipinski definition) is 0. The number of carbonyl (C=O) groups excluding carboxylic acids is 1. The van der Waals surface area contributed by atoms with Gasteiger partial charge in [0.1, 0.15) is 0 Å². The number of rotatable bonds is 7. The summed E-state index contributed by atoms with van der Waals surface area (Å²) < 4.78 is 11.6. The zero-order valence-electron chi connectivity index (χ0n) is 16.5. The summed E-state index contributed by atoms with van der Waals surface area (Å²) in [6, 6.07) is 18.1. The van der Waals surface area contributed by atoms with Crippen LogP contribution in [0.5, 0.6) is 0 Å². The first-order valence-electron chi connectivity index (χ1n) is 10.1. The van der Waals surface area contributed by atoms with Crippen molar-refractivity contribution in [2.75, 3.05) is 44.4 Å².